The van der Waals surface area contributed by atoms with Crippen molar-refractivity contribution < 1.29 is 5.11 Å². The summed E-state index contributed by atoms with van der Waals surface area (Å²) in [6, 6.07) is 0. The first-order chi connectivity index (χ1) is 6.19. The van der Waals surface area contributed by atoms with Gasteiger partial charge in [0, 0.05) is 16.6 Å². The summed E-state index contributed by atoms with van der Waals surface area (Å²) >= 11 is 1.68. The quantitative estimate of drug-likeness (QED) is 0.729. The van der Waals surface area contributed by atoms with E-state index in [0.29, 0.717) is 6.42 Å². The molecule has 0 aliphatic carbocycles. The largest absolute Gasteiger partial charge is 0.391 e. The van der Waals surface area contributed by atoms with Crippen molar-refractivity contribution in [2.24, 2.45) is 5.41 Å². The molecular weight excluding hydrogens is 192 g/mol. The third-order valence-corrected chi connectivity index (χ3v) is 3.41. The summed E-state index contributed by atoms with van der Waals surface area (Å²) in [7, 11) is 0. The smallest absolute Gasteiger partial charge is 0.0790 e. The number of rotatable bonds is 3. The van der Waals surface area contributed by atoms with Gasteiger partial charge in [0.25, 0.3) is 0 Å². The summed E-state index contributed by atoms with van der Waals surface area (Å²) in [5, 5.41) is 9.85. The first-order valence-electron chi connectivity index (χ1n) is 4.92. The summed E-state index contributed by atoms with van der Waals surface area (Å²) in [6.45, 7) is 10.3. The van der Waals surface area contributed by atoms with Crippen LogP contribution >= 0.6 is 11.8 Å². The molecule has 1 unspecified atom stereocenters. The average Bonchev–Trinajstić information content (AvgIpc) is 2.02. The van der Waals surface area contributed by atoms with E-state index >= 15 is 0 Å². The SMILES string of the molecule is CSC(C)(C)C(O)CC#CC(C)(C)C. The van der Waals surface area contributed by atoms with Gasteiger partial charge in [-0.2, -0.15) is 11.8 Å². The molecule has 0 amide bonds. The predicted molar refractivity (Wildman–Crippen MR) is 65.4 cm³/mol. The monoisotopic (exact) mass is 214 g/mol. The second-order valence-electron chi connectivity index (χ2n) is 5.08. The van der Waals surface area contributed by atoms with Gasteiger partial charge in [0.2, 0.25) is 0 Å². The van der Waals surface area contributed by atoms with E-state index < -0.39 is 0 Å². The summed E-state index contributed by atoms with van der Waals surface area (Å²) in [5.74, 6) is 6.18. The second kappa shape index (κ2) is 5.09. The van der Waals surface area contributed by atoms with Gasteiger partial charge >= 0.3 is 0 Å². The number of thioether (sulfide) groups is 1. The van der Waals surface area contributed by atoms with Gasteiger partial charge in [0.1, 0.15) is 0 Å². The van der Waals surface area contributed by atoms with Crippen LogP contribution in [-0.2, 0) is 0 Å². The maximum atomic E-state index is 9.85. The Bertz CT molecular complexity index is 227. The van der Waals surface area contributed by atoms with Crippen LogP contribution in [0.25, 0.3) is 0 Å². The van der Waals surface area contributed by atoms with E-state index in [1.165, 1.54) is 0 Å². The fraction of sp³-hybridized carbons (Fsp3) is 0.833. The van der Waals surface area contributed by atoms with Crippen molar-refractivity contribution in [1.82, 2.24) is 0 Å². The number of aliphatic hydroxyl groups excluding tert-OH is 1. The van der Waals surface area contributed by atoms with Gasteiger partial charge in [0.05, 0.1) is 6.10 Å². The van der Waals surface area contributed by atoms with Gasteiger partial charge in [-0.05, 0) is 40.9 Å². The zero-order chi connectivity index (χ0) is 11.4. The second-order valence-corrected chi connectivity index (χ2v) is 6.54. The highest BCUT2D eigenvalue weighted by Crippen LogP contribution is 2.27. The summed E-state index contributed by atoms with van der Waals surface area (Å²) in [6.07, 6.45) is 2.22. The van der Waals surface area contributed by atoms with Gasteiger partial charge < -0.3 is 5.11 Å². The van der Waals surface area contributed by atoms with E-state index in [2.05, 4.69) is 32.6 Å². The third-order valence-electron chi connectivity index (χ3n) is 2.09. The summed E-state index contributed by atoms with van der Waals surface area (Å²) in [4.78, 5) is 0. The molecule has 0 heterocycles. The lowest BCUT2D eigenvalue weighted by atomic mass is 9.96. The fourth-order valence-electron chi connectivity index (χ4n) is 0.795. The molecule has 0 bridgehead atoms. The van der Waals surface area contributed by atoms with Crippen LogP contribution in [0.4, 0.5) is 0 Å². The highest BCUT2D eigenvalue weighted by atomic mass is 32.2. The molecule has 0 rings (SSSR count). The Morgan fingerprint density at radius 3 is 2.07 bits per heavy atom. The third kappa shape index (κ3) is 5.57. The van der Waals surface area contributed by atoms with Gasteiger partial charge in [-0.1, -0.05) is 5.92 Å². The highest BCUT2D eigenvalue weighted by molar-refractivity contribution is 8.00. The molecule has 0 aliphatic rings. The van der Waals surface area contributed by atoms with Crippen molar-refractivity contribution in [1.29, 1.82) is 0 Å². The molecule has 1 atom stereocenters. The fourth-order valence-corrected chi connectivity index (χ4v) is 1.15. The van der Waals surface area contributed by atoms with Crippen molar-refractivity contribution in [2.75, 3.05) is 6.26 Å². The van der Waals surface area contributed by atoms with Crippen LogP contribution in [-0.4, -0.2) is 22.2 Å². The van der Waals surface area contributed by atoms with Crippen molar-refractivity contribution in [3.05, 3.63) is 0 Å². The van der Waals surface area contributed by atoms with Crippen LogP contribution in [0.3, 0.4) is 0 Å². The van der Waals surface area contributed by atoms with E-state index in [1.54, 1.807) is 11.8 Å². The number of hydrogen-bond acceptors (Lipinski definition) is 2. The van der Waals surface area contributed by atoms with Crippen molar-refractivity contribution in [3.8, 4) is 11.8 Å². The Balaban J connectivity index is 4.20. The van der Waals surface area contributed by atoms with E-state index in [9.17, 15) is 5.11 Å². The van der Waals surface area contributed by atoms with E-state index in [4.69, 9.17) is 0 Å². The Kier molecular flexibility index (Phi) is 5.05. The molecule has 0 saturated carbocycles. The van der Waals surface area contributed by atoms with Gasteiger partial charge in [-0.3, -0.25) is 0 Å². The van der Waals surface area contributed by atoms with E-state index in [1.807, 2.05) is 20.1 Å². The van der Waals surface area contributed by atoms with Crippen LogP contribution in [0.1, 0.15) is 41.0 Å². The van der Waals surface area contributed by atoms with Crippen LogP contribution < -0.4 is 0 Å². The first-order valence-corrected chi connectivity index (χ1v) is 6.15. The topological polar surface area (TPSA) is 20.2 Å². The highest BCUT2D eigenvalue weighted by Gasteiger charge is 2.25. The maximum absolute atomic E-state index is 9.85. The van der Waals surface area contributed by atoms with E-state index in [-0.39, 0.29) is 16.3 Å². The minimum absolute atomic E-state index is 0.0310. The molecule has 82 valence electrons. The Morgan fingerprint density at radius 1 is 1.21 bits per heavy atom. The molecule has 0 fully saturated rings. The van der Waals surface area contributed by atoms with Gasteiger partial charge in [-0.15, -0.1) is 5.92 Å². The van der Waals surface area contributed by atoms with E-state index in [0.717, 1.165) is 0 Å². The van der Waals surface area contributed by atoms with Gasteiger partial charge in [-0.25, -0.2) is 0 Å². The average molecular weight is 214 g/mol. The molecule has 0 saturated heterocycles. The Labute approximate surface area is 92.7 Å². The van der Waals surface area contributed by atoms with Crippen molar-refractivity contribution in [3.63, 3.8) is 0 Å². The molecular formula is C12H22OS. The van der Waals surface area contributed by atoms with Crippen LogP contribution in [0.15, 0.2) is 0 Å². The molecule has 1 nitrogen and oxygen atoms in total. The minimum atomic E-state index is -0.354. The molecule has 1 N–H and O–H groups in total. The summed E-state index contributed by atoms with van der Waals surface area (Å²) < 4.78 is -0.105. The Morgan fingerprint density at radius 2 is 1.71 bits per heavy atom. The minimum Gasteiger partial charge on any atom is -0.391 e. The molecule has 0 spiro atoms. The lowest BCUT2D eigenvalue weighted by Gasteiger charge is -2.27. The normalized spacial score (nSPS) is 14.5. The Hall–Kier alpha value is -0.130. The standard InChI is InChI=1S/C12H22OS/c1-11(2,3)9-7-8-10(13)12(4,5)14-6/h10,13H,8H2,1-6H3. The lowest BCUT2D eigenvalue weighted by molar-refractivity contribution is 0.147. The van der Waals surface area contributed by atoms with Crippen LogP contribution in [0, 0.1) is 17.3 Å². The number of hydrogen-bond donors (Lipinski definition) is 1. The van der Waals surface area contributed by atoms with Crippen molar-refractivity contribution >= 4 is 11.8 Å². The molecule has 0 aliphatic heterocycles. The molecule has 0 aromatic rings. The van der Waals surface area contributed by atoms with Gasteiger partial charge in [0.15, 0.2) is 0 Å². The molecule has 14 heavy (non-hydrogen) atoms. The molecule has 2 heteroatoms. The number of aliphatic hydroxyl groups is 1. The van der Waals surface area contributed by atoms with Crippen LogP contribution in [0.5, 0.6) is 0 Å². The van der Waals surface area contributed by atoms with Crippen molar-refractivity contribution in [2.45, 2.75) is 51.9 Å². The summed E-state index contributed by atoms with van der Waals surface area (Å²) in [5.41, 5.74) is 0.0310. The maximum Gasteiger partial charge on any atom is 0.0790 e. The zero-order valence-electron chi connectivity index (χ0n) is 10.1. The first kappa shape index (κ1) is 13.9. The zero-order valence-corrected chi connectivity index (χ0v) is 11.0. The lowest BCUT2D eigenvalue weighted by Crippen LogP contribution is -2.32. The predicted octanol–water partition coefficient (Wildman–Crippen LogP) is 2.93. The van der Waals surface area contributed by atoms with Crippen LogP contribution in [0.2, 0.25) is 0 Å². The molecule has 0 aromatic carbocycles. The molecule has 0 aromatic heterocycles. The molecule has 0 radical (unpaired) electrons.